The van der Waals surface area contributed by atoms with E-state index in [-0.39, 0.29) is 12.1 Å². The molecule has 1 saturated carbocycles. The van der Waals surface area contributed by atoms with Crippen molar-refractivity contribution in [3.05, 3.63) is 17.0 Å². The number of aromatic nitrogens is 2. The number of nitrogens with one attached hydrogen (secondary N) is 2. The summed E-state index contributed by atoms with van der Waals surface area (Å²) in [5.41, 5.74) is 3.18. The Balaban J connectivity index is 2.02. The Labute approximate surface area is 102 Å². The molecule has 1 aromatic heterocycles. The fourth-order valence-electron chi connectivity index (χ4n) is 2.14. The van der Waals surface area contributed by atoms with E-state index in [2.05, 4.69) is 15.7 Å². The molecule has 1 fully saturated rings. The van der Waals surface area contributed by atoms with E-state index < -0.39 is 0 Å². The van der Waals surface area contributed by atoms with Crippen LogP contribution in [0.1, 0.15) is 42.8 Å². The molecule has 0 radical (unpaired) electrons. The van der Waals surface area contributed by atoms with E-state index in [1.165, 1.54) is 0 Å². The molecule has 0 bridgehead atoms. The molecule has 0 spiro atoms. The average Bonchev–Trinajstić information content (AvgIpc) is 2.96. The van der Waals surface area contributed by atoms with Gasteiger partial charge in [0, 0.05) is 24.3 Å². The van der Waals surface area contributed by atoms with Crippen molar-refractivity contribution >= 4 is 6.03 Å². The largest absolute Gasteiger partial charge is 0.335 e. The molecule has 2 amide bonds. The van der Waals surface area contributed by atoms with Crippen LogP contribution in [0.2, 0.25) is 0 Å². The maximum atomic E-state index is 11.7. The third-order valence-corrected chi connectivity index (χ3v) is 3.26. The number of rotatable bonds is 3. The summed E-state index contributed by atoms with van der Waals surface area (Å²) in [6.07, 6.45) is 2.21. The van der Waals surface area contributed by atoms with Crippen LogP contribution in [0.5, 0.6) is 0 Å². The van der Waals surface area contributed by atoms with Gasteiger partial charge in [0.2, 0.25) is 0 Å². The van der Waals surface area contributed by atoms with Crippen LogP contribution in [0.3, 0.4) is 0 Å². The van der Waals surface area contributed by atoms with Gasteiger partial charge < -0.3 is 10.6 Å². The summed E-state index contributed by atoms with van der Waals surface area (Å²) in [7, 11) is 1.92. The number of hydrogen-bond acceptors (Lipinski definition) is 2. The Morgan fingerprint density at radius 1 is 1.47 bits per heavy atom. The van der Waals surface area contributed by atoms with Crippen LogP contribution in [0, 0.1) is 13.8 Å². The molecule has 5 nitrogen and oxygen atoms in total. The highest BCUT2D eigenvalue weighted by Crippen LogP contribution is 2.21. The molecule has 1 unspecified atom stereocenters. The van der Waals surface area contributed by atoms with Crippen LogP contribution in [-0.2, 0) is 7.05 Å². The molecule has 2 N–H and O–H groups in total. The molecule has 2 rings (SSSR count). The lowest BCUT2D eigenvalue weighted by molar-refractivity contribution is 0.237. The smallest absolute Gasteiger partial charge is 0.315 e. The van der Waals surface area contributed by atoms with Crippen LogP contribution in [0.15, 0.2) is 0 Å². The van der Waals surface area contributed by atoms with Crippen molar-refractivity contribution in [2.75, 3.05) is 0 Å². The van der Waals surface area contributed by atoms with Gasteiger partial charge in [0.05, 0.1) is 11.7 Å². The Morgan fingerprint density at radius 2 is 2.12 bits per heavy atom. The first-order valence-electron chi connectivity index (χ1n) is 6.06. The minimum absolute atomic E-state index is 0.0116. The molecule has 1 aliphatic rings. The van der Waals surface area contributed by atoms with Gasteiger partial charge in [0.25, 0.3) is 0 Å². The summed E-state index contributed by atoms with van der Waals surface area (Å²) in [5.74, 6) is 0. The second-order valence-electron chi connectivity index (χ2n) is 4.82. The lowest BCUT2D eigenvalue weighted by Gasteiger charge is -2.15. The van der Waals surface area contributed by atoms with E-state index in [0.29, 0.717) is 6.04 Å². The Hall–Kier alpha value is -1.52. The monoisotopic (exact) mass is 236 g/mol. The summed E-state index contributed by atoms with van der Waals surface area (Å²) in [6.45, 7) is 5.98. The summed E-state index contributed by atoms with van der Waals surface area (Å²) in [5, 5.41) is 10.2. The molecule has 1 aromatic rings. The van der Waals surface area contributed by atoms with E-state index in [0.717, 1.165) is 29.8 Å². The highest BCUT2D eigenvalue weighted by atomic mass is 16.2. The van der Waals surface area contributed by atoms with Gasteiger partial charge in [-0.3, -0.25) is 4.68 Å². The highest BCUT2D eigenvalue weighted by molar-refractivity contribution is 5.75. The number of carbonyl (C=O) groups excluding carboxylic acids is 1. The lowest BCUT2D eigenvalue weighted by Crippen LogP contribution is -2.38. The Kier molecular flexibility index (Phi) is 3.09. The summed E-state index contributed by atoms with van der Waals surface area (Å²) >= 11 is 0. The fraction of sp³-hybridized carbons (Fsp3) is 0.667. The predicted octanol–water partition coefficient (Wildman–Crippen LogP) is 1.56. The van der Waals surface area contributed by atoms with Gasteiger partial charge in [-0.2, -0.15) is 5.10 Å². The Morgan fingerprint density at radius 3 is 2.59 bits per heavy atom. The first-order chi connectivity index (χ1) is 7.99. The van der Waals surface area contributed by atoms with Crippen molar-refractivity contribution in [1.82, 2.24) is 20.4 Å². The van der Waals surface area contributed by atoms with Crippen LogP contribution in [0.25, 0.3) is 0 Å². The summed E-state index contributed by atoms with van der Waals surface area (Å²) < 4.78 is 1.85. The summed E-state index contributed by atoms with van der Waals surface area (Å²) in [4.78, 5) is 11.7. The topological polar surface area (TPSA) is 59.0 Å². The lowest BCUT2D eigenvalue weighted by atomic mass is 10.1. The van der Waals surface area contributed by atoms with E-state index in [1.807, 2.05) is 32.5 Å². The number of nitrogens with zero attached hydrogens (tertiary/aromatic N) is 2. The van der Waals surface area contributed by atoms with Crippen LogP contribution < -0.4 is 10.6 Å². The molecule has 0 aromatic carbocycles. The second-order valence-corrected chi connectivity index (χ2v) is 4.82. The summed E-state index contributed by atoms with van der Waals surface area (Å²) in [6, 6.07) is 0.295. The van der Waals surface area contributed by atoms with Gasteiger partial charge in [0.1, 0.15) is 0 Å². The maximum absolute atomic E-state index is 11.7. The van der Waals surface area contributed by atoms with Gasteiger partial charge in [-0.05, 0) is 33.6 Å². The minimum atomic E-state index is -0.0809. The zero-order valence-corrected chi connectivity index (χ0v) is 10.9. The van der Waals surface area contributed by atoms with Crippen molar-refractivity contribution < 1.29 is 4.79 Å². The van der Waals surface area contributed by atoms with Crippen molar-refractivity contribution in [2.45, 2.75) is 45.7 Å². The van der Waals surface area contributed by atoms with Crippen LogP contribution >= 0.6 is 0 Å². The molecule has 1 atom stereocenters. The Bertz CT molecular complexity index is 434. The van der Waals surface area contributed by atoms with Crippen LogP contribution in [-0.4, -0.2) is 21.9 Å². The average molecular weight is 236 g/mol. The van der Waals surface area contributed by atoms with Gasteiger partial charge in [0.15, 0.2) is 0 Å². The number of hydrogen-bond donors (Lipinski definition) is 2. The first-order valence-corrected chi connectivity index (χ1v) is 6.06. The normalized spacial score (nSPS) is 16.7. The first kappa shape index (κ1) is 12.0. The molecule has 94 valence electrons. The number of urea groups is 1. The number of aryl methyl sites for hydroxylation is 2. The number of amides is 2. The third kappa shape index (κ3) is 2.60. The highest BCUT2D eigenvalue weighted by Gasteiger charge is 2.24. The van der Waals surface area contributed by atoms with E-state index >= 15 is 0 Å². The van der Waals surface area contributed by atoms with E-state index in [1.54, 1.807) is 0 Å². The second kappa shape index (κ2) is 4.39. The molecular formula is C12H20N4O. The maximum Gasteiger partial charge on any atom is 0.315 e. The van der Waals surface area contributed by atoms with E-state index in [9.17, 15) is 4.79 Å². The van der Waals surface area contributed by atoms with Crippen molar-refractivity contribution in [3.8, 4) is 0 Å². The molecule has 0 aliphatic heterocycles. The van der Waals surface area contributed by atoms with Gasteiger partial charge >= 0.3 is 6.03 Å². The molecule has 0 saturated heterocycles. The minimum Gasteiger partial charge on any atom is -0.335 e. The van der Waals surface area contributed by atoms with Crippen LogP contribution in [0.4, 0.5) is 4.79 Å². The molecule has 17 heavy (non-hydrogen) atoms. The number of carbonyl (C=O) groups is 1. The molecule has 1 heterocycles. The van der Waals surface area contributed by atoms with Crippen molar-refractivity contribution in [3.63, 3.8) is 0 Å². The molecular weight excluding hydrogens is 216 g/mol. The standard InChI is InChI=1S/C12H20N4O/c1-7(13-12(17)14-10-5-6-10)11-8(2)15-16(4)9(11)3/h7,10H,5-6H2,1-4H3,(H2,13,14,17). The SMILES string of the molecule is Cc1nn(C)c(C)c1C(C)NC(=O)NC1CC1. The fourth-order valence-corrected chi connectivity index (χ4v) is 2.14. The zero-order chi connectivity index (χ0) is 12.6. The van der Waals surface area contributed by atoms with Crippen molar-refractivity contribution in [1.29, 1.82) is 0 Å². The third-order valence-electron chi connectivity index (χ3n) is 3.26. The van der Waals surface area contributed by atoms with Gasteiger partial charge in [-0.15, -0.1) is 0 Å². The molecule has 5 heteroatoms. The molecule has 1 aliphatic carbocycles. The quantitative estimate of drug-likeness (QED) is 0.836. The van der Waals surface area contributed by atoms with Crippen molar-refractivity contribution in [2.24, 2.45) is 7.05 Å². The van der Waals surface area contributed by atoms with Gasteiger partial charge in [-0.1, -0.05) is 0 Å². The van der Waals surface area contributed by atoms with E-state index in [4.69, 9.17) is 0 Å². The van der Waals surface area contributed by atoms with Gasteiger partial charge in [-0.25, -0.2) is 4.79 Å². The predicted molar refractivity (Wildman–Crippen MR) is 65.8 cm³/mol. The zero-order valence-electron chi connectivity index (χ0n) is 10.9.